The van der Waals surface area contributed by atoms with Gasteiger partial charge in [-0.1, -0.05) is 0 Å². The van der Waals surface area contributed by atoms with Crippen molar-refractivity contribution in [3.8, 4) is 0 Å². The largest absolute Gasteiger partial charge is 0.450 e. The van der Waals surface area contributed by atoms with E-state index in [0.717, 1.165) is 0 Å². The molecule has 1 amide bonds. The number of carbonyl (C=O) groups excluding carboxylic acids is 1. The highest BCUT2D eigenvalue weighted by Crippen LogP contribution is 2.25. The van der Waals surface area contributed by atoms with E-state index in [1.54, 1.807) is 23.4 Å². The average Bonchev–Trinajstić information content (AvgIpc) is 3.11. The van der Waals surface area contributed by atoms with Gasteiger partial charge in [0, 0.05) is 31.6 Å². The lowest BCUT2D eigenvalue weighted by Gasteiger charge is -2.31. The summed E-state index contributed by atoms with van der Waals surface area (Å²) >= 11 is 0. The van der Waals surface area contributed by atoms with Gasteiger partial charge in [0.25, 0.3) is 0 Å². The molecule has 11 heteroatoms. The molecule has 160 valence electrons. The fourth-order valence-electron chi connectivity index (χ4n) is 3.68. The third-order valence-electron chi connectivity index (χ3n) is 5.19. The number of hydrogen-bond donors (Lipinski definition) is 1. The van der Waals surface area contributed by atoms with Crippen LogP contribution in [-0.4, -0.2) is 54.7 Å². The predicted molar refractivity (Wildman–Crippen MR) is 109 cm³/mol. The summed E-state index contributed by atoms with van der Waals surface area (Å²) in [5.41, 5.74) is 0.387. The van der Waals surface area contributed by atoms with Crippen molar-refractivity contribution in [1.82, 2.24) is 19.2 Å². The lowest BCUT2D eigenvalue weighted by Crippen LogP contribution is -2.46. The Bertz CT molecular complexity index is 1270. The van der Waals surface area contributed by atoms with Crippen molar-refractivity contribution in [2.45, 2.75) is 30.7 Å². The molecule has 1 aromatic carbocycles. The monoisotopic (exact) mass is 434 g/mol. The summed E-state index contributed by atoms with van der Waals surface area (Å²) in [7, 11) is -2.08. The Morgan fingerprint density at radius 2 is 2.07 bits per heavy atom. The first kappa shape index (κ1) is 20.4. The Kier molecular flexibility index (Phi) is 5.24. The van der Waals surface area contributed by atoms with Crippen LogP contribution in [0.1, 0.15) is 19.8 Å². The van der Waals surface area contributed by atoms with E-state index in [1.165, 1.54) is 24.5 Å². The molecule has 0 radical (unpaired) electrons. The molecule has 1 N–H and O–H groups in total. The average molecular weight is 434 g/mol. The molecule has 1 aliphatic heterocycles. The van der Waals surface area contributed by atoms with E-state index in [9.17, 15) is 18.0 Å². The van der Waals surface area contributed by atoms with Gasteiger partial charge in [0.1, 0.15) is 5.58 Å². The molecule has 4 rings (SSSR count). The van der Waals surface area contributed by atoms with Crippen LogP contribution in [0.3, 0.4) is 0 Å². The molecule has 2 aromatic heterocycles. The van der Waals surface area contributed by atoms with Crippen LogP contribution >= 0.6 is 0 Å². The molecule has 0 unspecified atom stereocenters. The van der Waals surface area contributed by atoms with Crippen LogP contribution in [0.2, 0.25) is 0 Å². The molecular formula is C19H22N4O6S. The van der Waals surface area contributed by atoms with E-state index in [-0.39, 0.29) is 28.1 Å². The van der Waals surface area contributed by atoms with Crippen molar-refractivity contribution >= 4 is 38.1 Å². The highest BCUT2D eigenvalue weighted by atomic mass is 32.2. The minimum Gasteiger partial charge on any atom is -0.450 e. The van der Waals surface area contributed by atoms with Gasteiger partial charge in [-0.2, -0.15) is 0 Å². The smallest absolute Gasteiger partial charge is 0.409 e. The summed E-state index contributed by atoms with van der Waals surface area (Å²) in [4.78, 5) is 29.5. The zero-order chi connectivity index (χ0) is 21.5. The summed E-state index contributed by atoms with van der Waals surface area (Å²) in [6, 6.07) is 4.07. The summed E-state index contributed by atoms with van der Waals surface area (Å²) < 4.78 is 40.5. The number of fused-ring (bicyclic) bond motifs is 3. The van der Waals surface area contributed by atoms with Gasteiger partial charge in [0.15, 0.2) is 5.52 Å². The molecule has 0 bridgehead atoms. The van der Waals surface area contributed by atoms with Crippen LogP contribution in [0, 0.1) is 0 Å². The molecule has 30 heavy (non-hydrogen) atoms. The normalized spacial score (nSPS) is 15.7. The van der Waals surface area contributed by atoms with E-state index >= 15 is 0 Å². The predicted octanol–water partition coefficient (Wildman–Crippen LogP) is 1.58. The van der Waals surface area contributed by atoms with Crippen molar-refractivity contribution in [2.75, 3.05) is 19.7 Å². The maximum absolute atomic E-state index is 13.0. The van der Waals surface area contributed by atoms with Crippen molar-refractivity contribution in [1.29, 1.82) is 0 Å². The van der Waals surface area contributed by atoms with E-state index in [4.69, 9.17) is 9.15 Å². The number of sulfonamides is 1. The zero-order valence-corrected chi connectivity index (χ0v) is 17.4. The minimum atomic E-state index is -3.81. The highest BCUT2D eigenvalue weighted by molar-refractivity contribution is 7.89. The molecule has 1 saturated heterocycles. The first-order chi connectivity index (χ1) is 14.3. The molecule has 0 aliphatic carbocycles. The van der Waals surface area contributed by atoms with Gasteiger partial charge in [-0.15, -0.1) is 0 Å². The minimum absolute atomic E-state index is 0.0687. The fourth-order valence-corrected chi connectivity index (χ4v) is 5.01. The lowest BCUT2D eigenvalue weighted by atomic mass is 10.1. The summed E-state index contributed by atoms with van der Waals surface area (Å²) in [6.45, 7) is 2.89. The second-order valence-corrected chi connectivity index (χ2v) is 8.90. The SMILES string of the molecule is CCOC(=O)N1CCC(NS(=O)(=O)c2ccc3oc(=O)c4ncn(C)c4c3c2)CC1. The molecule has 1 aliphatic rings. The Morgan fingerprint density at radius 3 is 2.77 bits per heavy atom. The maximum Gasteiger partial charge on any atom is 0.409 e. The van der Waals surface area contributed by atoms with Crippen LogP contribution in [0.15, 0.2) is 38.6 Å². The molecule has 3 aromatic rings. The standard InChI is InChI=1S/C19H22N4O6S/c1-3-28-19(25)23-8-6-12(7-9-23)21-30(26,27)13-4-5-15-14(10-13)17-16(18(24)29-15)20-11-22(17)2/h4-5,10-12,21H,3,6-9H2,1-2H3. The number of rotatable bonds is 4. The van der Waals surface area contributed by atoms with Crippen LogP contribution in [-0.2, 0) is 21.8 Å². The number of aromatic nitrogens is 2. The summed E-state index contributed by atoms with van der Waals surface area (Å²) in [6.07, 6.45) is 2.09. The van der Waals surface area contributed by atoms with Gasteiger partial charge in [0.05, 0.1) is 23.3 Å². The summed E-state index contributed by atoms with van der Waals surface area (Å²) in [5, 5.41) is 0.490. The number of aryl methyl sites for hydroxylation is 1. The number of nitrogens with one attached hydrogen (secondary N) is 1. The van der Waals surface area contributed by atoms with Crippen molar-refractivity contribution in [3.05, 3.63) is 34.9 Å². The molecule has 0 saturated carbocycles. The second-order valence-electron chi connectivity index (χ2n) is 7.18. The Labute approximate surface area is 172 Å². The number of nitrogens with zero attached hydrogens (tertiary/aromatic N) is 3. The molecular weight excluding hydrogens is 412 g/mol. The third kappa shape index (κ3) is 3.65. The van der Waals surface area contributed by atoms with Gasteiger partial charge in [-0.25, -0.2) is 27.7 Å². The number of ether oxygens (including phenoxy) is 1. The maximum atomic E-state index is 13.0. The zero-order valence-electron chi connectivity index (χ0n) is 16.6. The quantitative estimate of drug-likeness (QED) is 0.618. The van der Waals surface area contributed by atoms with E-state index in [2.05, 4.69) is 9.71 Å². The second kappa shape index (κ2) is 7.73. The van der Waals surface area contributed by atoms with E-state index < -0.39 is 15.6 Å². The number of hydrogen-bond acceptors (Lipinski definition) is 7. The fraction of sp³-hybridized carbons (Fsp3) is 0.421. The van der Waals surface area contributed by atoms with E-state index in [0.29, 0.717) is 43.4 Å². The number of imidazole rings is 1. The van der Waals surface area contributed by atoms with Crippen LogP contribution in [0.5, 0.6) is 0 Å². The van der Waals surface area contributed by atoms with Gasteiger partial charge < -0.3 is 18.6 Å². The van der Waals surface area contributed by atoms with Crippen molar-refractivity contribution < 1.29 is 22.4 Å². The number of amides is 1. The first-order valence-corrected chi connectivity index (χ1v) is 11.1. The van der Waals surface area contributed by atoms with Gasteiger partial charge in [-0.3, -0.25) is 0 Å². The van der Waals surface area contributed by atoms with Gasteiger partial charge >= 0.3 is 11.7 Å². The molecule has 1 fully saturated rings. The summed E-state index contributed by atoms with van der Waals surface area (Å²) in [5.74, 6) is 0. The first-order valence-electron chi connectivity index (χ1n) is 9.62. The molecule has 0 atom stereocenters. The Morgan fingerprint density at radius 1 is 1.33 bits per heavy atom. The van der Waals surface area contributed by atoms with Crippen molar-refractivity contribution in [2.24, 2.45) is 7.05 Å². The third-order valence-corrected chi connectivity index (χ3v) is 6.71. The Balaban J connectivity index is 1.58. The number of benzene rings is 1. The molecule has 0 spiro atoms. The van der Waals surface area contributed by atoms with Gasteiger partial charge in [-0.05, 0) is 38.0 Å². The lowest BCUT2D eigenvalue weighted by molar-refractivity contribution is 0.0966. The number of likely N-dealkylation sites (tertiary alicyclic amines) is 1. The van der Waals surface area contributed by atoms with Gasteiger partial charge in [0.2, 0.25) is 10.0 Å². The van der Waals surface area contributed by atoms with Crippen molar-refractivity contribution in [3.63, 3.8) is 0 Å². The van der Waals surface area contributed by atoms with E-state index in [1.807, 2.05) is 0 Å². The topological polar surface area (TPSA) is 124 Å². The number of carbonyl (C=O) groups is 1. The molecule has 10 nitrogen and oxygen atoms in total. The van der Waals surface area contributed by atoms with Crippen LogP contribution in [0.25, 0.3) is 22.0 Å². The highest BCUT2D eigenvalue weighted by Gasteiger charge is 2.27. The van der Waals surface area contributed by atoms with Crippen LogP contribution in [0.4, 0.5) is 4.79 Å². The number of piperidine rings is 1. The van der Waals surface area contributed by atoms with Crippen LogP contribution < -0.4 is 10.3 Å². The Hall–Kier alpha value is -2.92. The molecule has 3 heterocycles.